The van der Waals surface area contributed by atoms with Crippen molar-refractivity contribution in [1.29, 1.82) is 0 Å². The first-order chi connectivity index (χ1) is 12.0. The molecule has 0 bridgehead atoms. The lowest BCUT2D eigenvalue weighted by molar-refractivity contribution is 0.0949. The maximum absolute atomic E-state index is 12.5. The minimum atomic E-state index is -0.0808. The van der Waals surface area contributed by atoms with Crippen LogP contribution in [0.15, 0.2) is 36.4 Å². The summed E-state index contributed by atoms with van der Waals surface area (Å²) in [5.74, 6) is 1.54. The van der Waals surface area contributed by atoms with E-state index in [2.05, 4.69) is 36.6 Å². The van der Waals surface area contributed by atoms with E-state index < -0.39 is 0 Å². The molecule has 1 aliphatic heterocycles. The van der Waals surface area contributed by atoms with E-state index in [9.17, 15) is 9.59 Å². The number of nitrogens with zero attached hydrogens (tertiary/aromatic N) is 1. The molecule has 0 unspecified atom stereocenters. The normalized spacial score (nSPS) is 22.0. The number of amides is 3. The van der Waals surface area contributed by atoms with E-state index in [4.69, 9.17) is 0 Å². The van der Waals surface area contributed by atoms with Gasteiger partial charge in [-0.1, -0.05) is 26.0 Å². The Balaban J connectivity index is 1.53. The lowest BCUT2D eigenvalue weighted by Gasteiger charge is -2.17. The van der Waals surface area contributed by atoms with Gasteiger partial charge in [-0.3, -0.25) is 4.79 Å². The summed E-state index contributed by atoms with van der Waals surface area (Å²) < 4.78 is 0. The summed E-state index contributed by atoms with van der Waals surface area (Å²) in [7, 11) is 0. The number of allylic oxidation sites excluding steroid dienone is 2. The van der Waals surface area contributed by atoms with Crippen molar-refractivity contribution in [1.82, 2.24) is 10.2 Å². The Morgan fingerprint density at radius 2 is 1.68 bits per heavy atom. The SMILES string of the molecule is CC(C)CNC(=O)c1ccc(NC(=O)N2C[C@@H]3CC=CC[C@H]3C2)cc1. The van der Waals surface area contributed by atoms with Crippen LogP contribution in [-0.2, 0) is 0 Å². The average molecular weight is 341 g/mol. The van der Waals surface area contributed by atoms with Crippen molar-refractivity contribution in [2.75, 3.05) is 25.0 Å². The Hall–Kier alpha value is -2.30. The molecule has 5 nitrogen and oxygen atoms in total. The van der Waals surface area contributed by atoms with Gasteiger partial charge in [-0.25, -0.2) is 4.79 Å². The Labute approximate surface area is 149 Å². The molecule has 3 rings (SSSR count). The Bertz CT molecular complexity index is 635. The summed E-state index contributed by atoms with van der Waals surface area (Å²) in [6.07, 6.45) is 6.61. The Kier molecular flexibility index (Phi) is 5.41. The summed E-state index contributed by atoms with van der Waals surface area (Å²) in [6.45, 7) is 6.43. The van der Waals surface area contributed by atoms with Gasteiger partial charge in [-0.2, -0.15) is 0 Å². The minimum absolute atomic E-state index is 0.0496. The highest BCUT2D eigenvalue weighted by Gasteiger charge is 2.35. The molecule has 0 saturated carbocycles. The van der Waals surface area contributed by atoms with E-state index in [1.165, 1.54) is 0 Å². The van der Waals surface area contributed by atoms with Gasteiger partial charge >= 0.3 is 6.03 Å². The van der Waals surface area contributed by atoms with E-state index in [0.717, 1.165) is 31.6 Å². The van der Waals surface area contributed by atoms with E-state index in [0.29, 0.717) is 29.9 Å². The summed E-state index contributed by atoms with van der Waals surface area (Å²) >= 11 is 0. The molecule has 2 atom stereocenters. The second kappa shape index (κ2) is 7.72. The fraction of sp³-hybridized carbons (Fsp3) is 0.500. The number of likely N-dealkylation sites (tertiary alicyclic amines) is 1. The Morgan fingerprint density at radius 1 is 1.08 bits per heavy atom. The van der Waals surface area contributed by atoms with Crippen LogP contribution in [0, 0.1) is 17.8 Å². The molecular formula is C20H27N3O2. The number of hydrogen-bond acceptors (Lipinski definition) is 2. The number of hydrogen-bond donors (Lipinski definition) is 2. The fourth-order valence-electron chi connectivity index (χ4n) is 3.49. The number of benzene rings is 1. The predicted octanol–water partition coefficient (Wildman–Crippen LogP) is 3.50. The van der Waals surface area contributed by atoms with Gasteiger partial charge in [0.25, 0.3) is 5.91 Å². The topological polar surface area (TPSA) is 61.4 Å². The molecule has 0 aromatic heterocycles. The van der Waals surface area contributed by atoms with Crippen LogP contribution in [0.4, 0.5) is 10.5 Å². The number of rotatable bonds is 4. The molecule has 1 fully saturated rings. The maximum Gasteiger partial charge on any atom is 0.321 e. The van der Waals surface area contributed by atoms with Crippen molar-refractivity contribution in [3.05, 3.63) is 42.0 Å². The lowest BCUT2D eigenvalue weighted by Crippen LogP contribution is -2.33. The first-order valence-electron chi connectivity index (χ1n) is 9.12. The van der Waals surface area contributed by atoms with Gasteiger partial charge in [0.05, 0.1) is 0 Å². The van der Waals surface area contributed by atoms with Gasteiger partial charge < -0.3 is 15.5 Å². The second-order valence-electron chi connectivity index (χ2n) is 7.48. The third kappa shape index (κ3) is 4.41. The van der Waals surface area contributed by atoms with Crippen LogP contribution in [-0.4, -0.2) is 36.5 Å². The van der Waals surface area contributed by atoms with Crippen LogP contribution >= 0.6 is 0 Å². The van der Waals surface area contributed by atoms with Crippen molar-refractivity contribution >= 4 is 17.6 Å². The molecule has 1 aliphatic carbocycles. The van der Waals surface area contributed by atoms with Crippen LogP contribution in [0.1, 0.15) is 37.0 Å². The van der Waals surface area contributed by atoms with Crippen molar-refractivity contribution in [3.8, 4) is 0 Å². The van der Waals surface area contributed by atoms with Crippen LogP contribution in [0.5, 0.6) is 0 Å². The highest BCUT2D eigenvalue weighted by molar-refractivity contribution is 5.95. The van der Waals surface area contributed by atoms with E-state index in [1.54, 1.807) is 24.3 Å². The van der Waals surface area contributed by atoms with Gasteiger partial charge in [0, 0.05) is 30.9 Å². The minimum Gasteiger partial charge on any atom is -0.352 e. The average Bonchev–Trinajstić information content (AvgIpc) is 3.04. The molecule has 1 aromatic rings. The number of carbonyl (C=O) groups is 2. The molecule has 1 saturated heterocycles. The molecule has 1 heterocycles. The zero-order valence-electron chi connectivity index (χ0n) is 15.0. The largest absolute Gasteiger partial charge is 0.352 e. The zero-order chi connectivity index (χ0) is 17.8. The van der Waals surface area contributed by atoms with Gasteiger partial charge in [-0.05, 0) is 54.9 Å². The number of carbonyl (C=O) groups excluding carboxylic acids is 2. The number of nitrogens with one attached hydrogen (secondary N) is 2. The van der Waals surface area contributed by atoms with Crippen LogP contribution in [0.3, 0.4) is 0 Å². The second-order valence-corrected chi connectivity index (χ2v) is 7.48. The zero-order valence-corrected chi connectivity index (χ0v) is 15.0. The molecular weight excluding hydrogens is 314 g/mol. The molecule has 2 N–H and O–H groups in total. The summed E-state index contributed by atoms with van der Waals surface area (Å²) in [5.41, 5.74) is 1.33. The molecule has 25 heavy (non-hydrogen) atoms. The lowest BCUT2D eigenvalue weighted by atomic mass is 9.86. The van der Waals surface area contributed by atoms with Crippen LogP contribution < -0.4 is 10.6 Å². The molecule has 0 radical (unpaired) electrons. The molecule has 3 amide bonds. The maximum atomic E-state index is 12.5. The summed E-state index contributed by atoms with van der Waals surface area (Å²) in [6, 6.07) is 7.02. The first-order valence-corrected chi connectivity index (χ1v) is 9.12. The van der Waals surface area contributed by atoms with Gasteiger partial charge in [-0.15, -0.1) is 0 Å². The van der Waals surface area contributed by atoms with E-state index in [1.807, 2.05) is 4.90 Å². The monoisotopic (exact) mass is 341 g/mol. The Morgan fingerprint density at radius 3 is 2.24 bits per heavy atom. The standard InChI is InChI=1S/C20H27N3O2/c1-14(2)11-21-19(24)15-7-9-18(10-8-15)22-20(25)23-12-16-5-3-4-6-17(16)13-23/h3-4,7-10,14,16-17H,5-6,11-13H2,1-2H3,(H,21,24)(H,22,25)/t16-,17-/m0/s1. The third-order valence-corrected chi connectivity index (χ3v) is 4.98. The number of fused-ring (bicyclic) bond motifs is 1. The summed E-state index contributed by atoms with van der Waals surface area (Å²) in [4.78, 5) is 26.4. The number of urea groups is 1. The van der Waals surface area contributed by atoms with Crippen molar-refractivity contribution in [3.63, 3.8) is 0 Å². The van der Waals surface area contributed by atoms with Crippen LogP contribution in [0.2, 0.25) is 0 Å². The summed E-state index contributed by atoms with van der Waals surface area (Å²) in [5, 5.41) is 5.84. The van der Waals surface area contributed by atoms with Gasteiger partial charge in [0.15, 0.2) is 0 Å². The molecule has 2 aliphatic rings. The molecule has 1 aromatic carbocycles. The van der Waals surface area contributed by atoms with Crippen molar-refractivity contribution < 1.29 is 9.59 Å². The van der Waals surface area contributed by atoms with Crippen molar-refractivity contribution in [2.24, 2.45) is 17.8 Å². The quantitative estimate of drug-likeness (QED) is 0.823. The predicted molar refractivity (Wildman–Crippen MR) is 99.6 cm³/mol. The first kappa shape index (κ1) is 17.5. The molecule has 5 heteroatoms. The van der Waals surface area contributed by atoms with E-state index in [-0.39, 0.29) is 11.9 Å². The van der Waals surface area contributed by atoms with Gasteiger partial charge in [0.2, 0.25) is 0 Å². The van der Waals surface area contributed by atoms with Crippen LogP contribution in [0.25, 0.3) is 0 Å². The smallest absolute Gasteiger partial charge is 0.321 e. The number of anilines is 1. The van der Waals surface area contributed by atoms with E-state index >= 15 is 0 Å². The van der Waals surface area contributed by atoms with Gasteiger partial charge in [0.1, 0.15) is 0 Å². The third-order valence-electron chi connectivity index (χ3n) is 4.98. The highest BCUT2D eigenvalue weighted by Crippen LogP contribution is 2.32. The molecule has 134 valence electrons. The fourth-order valence-corrected chi connectivity index (χ4v) is 3.49. The molecule has 0 spiro atoms. The van der Waals surface area contributed by atoms with Crippen molar-refractivity contribution in [2.45, 2.75) is 26.7 Å². The highest BCUT2D eigenvalue weighted by atomic mass is 16.2.